The molecule has 1 aromatic carbocycles. The molecule has 1 heterocycles. The van der Waals surface area contributed by atoms with E-state index in [9.17, 15) is 4.21 Å². The van der Waals surface area contributed by atoms with Gasteiger partial charge in [0, 0.05) is 47.0 Å². The van der Waals surface area contributed by atoms with E-state index in [1.54, 1.807) is 21.3 Å². The Morgan fingerprint density at radius 1 is 1.10 bits per heavy atom. The van der Waals surface area contributed by atoms with E-state index >= 15 is 0 Å². The number of benzene rings is 1. The Morgan fingerprint density at radius 2 is 1.67 bits per heavy atom. The van der Waals surface area contributed by atoms with Crippen molar-refractivity contribution in [2.45, 2.75) is 25.4 Å². The molecule has 0 saturated carbocycles. The fourth-order valence-corrected chi connectivity index (χ4v) is 3.80. The molecule has 21 heavy (non-hydrogen) atoms. The molecule has 1 N–H and O–H groups in total. The molecule has 5 nitrogen and oxygen atoms in total. The highest BCUT2D eigenvalue weighted by Crippen LogP contribution is 2.34. The lowest BCUT2D eigenvalue weighted by Gasteiger charge is -2.24. The topological polar surface area (TPSA) is 56.8 Å². The first-order valence-electron chi connectivity index (χ1n) is 7.05. The number of hydrogen-bond donors (Lipinski definition) is 1. The van der Waals surface area contributed by atoms with Crippen molar-refractivity contribution in [3.63, 3.8) is 0 Å². The van der Waals surface area contributed by atoms with E-state index in [0.717, 1.165) is 41.4 Å². The Hall–Kier alpha value is -1.27. The van der Waals surface area contributed by atoms with Crippen molar-refractivity contribution in [3.05, 3.63) is 17.7 Å². The quantitative estimate of drug-likeness (QED) is 0.866. The average molecular weight is 313 g/mol. The van der Waals surface area contributed by atoms with Crippen molar-refractivity contribution in [1.82, 2.24) is 5.32 Å². The number of ether oxygens (including phenoxy) is 3. The van der Waals surface area contributed by atoms with Crippen molar-refractivity contribution in [2.24, 2.45) is 0 Å². The van der Waals surface area contributed by atoms with Gasteiger partial charge in [0.05, 0.1) is 26.9 Å². The zero-order valence-corrected chi connectivity index (χ0v) is 13.6. The molecular formula is C15H23NO4S. The number of nitrogens with one attached hydrogen (secondary N) is 1. The van der Waals surface area contributed by atoms with Crippen LogP contribution in [-0.2, 0) is 17.3 Å². The van der Waals surface area contributed by atoms with Crippen LogP contribution in [0.3, 0.4) is 0 Å². The Morgan fingerprint density at radius 3 is 2.14 bits per heavy atom. The van der Waals surface area contributed by atoms with Gasteiger partial charge in [-0.15, -0.1) is 0 Å². The Kier molecular flexibility index (Phi) is 5.87. The third-order valence-corrected chi connectivity index (χ3v) is 5.15. The molecule has 1 saturated heterocycles. The highest BCUT2D eigenvalue weighted by Gasteiger charge is 2.19. The molecule has 1 fully saturated rings. The van der Waals surface area contributed by atoms with Crippen LogP contribution >= 0.6 is 0 Å². The van der Waals surface area contributed by atoms with E-state index in [1.165, 1.54) is 0 Å². The second kappa shape index (κ2) is 7.66. The van der Waals surface area contributed by atoms with E-state index in [2.05, 4.69) is 5.32 Å². The summed E-state index contributed by atoms with van der Waals surface area (Å²) < 4.78 is 27.5. The summed E-state index contributed by atoms with van der Waals surface area (Å²) in [4.78, 5) is 0. The summed E-state index contributed by atoms with van der Waals surface area (Å²) >= 11 is 0. The molecule has 0 bridgehead atoms. The molecule has 2 rings (SSSR count). The minimum Gasteiger partial charge on any atom is -0.496 e. The summed E-state index contributed by atoms with van der Waals surface area (Å²) in [6, 6.07) is 4.12. The standard InChI is InChI=1S/C15H23NO4S/c1-18-12-8-14(19-2)13(15(9-12)20-3)10-16-11-4-6-21(17)7-5-11/h8-9,11,16H,4-7,10H2,1-3H3. The summed E-state index contributed by atoms with van der Waals surface area (Å²) in [5, 5.41) is 3.51. The summed E-state index contributed by atoms with van der Waals surface area (Å²) in [5.74, 6) is 3.78. The zero-order chi connectivity index (χ0) is 15.2. The Labute approximate surface area is 128 Å². The second-order valence-corrected chi connectivity index (χ2v) is 6.71. The van der Waals surface area contributed by atoms with Crippen molar-refractivity contribution in [2.75, 3.05) is 32.8 Å². The summed E-state index contributed by atoms with van der Waals surface area (Å²) in [7, 11) is 4.27. The molecule has 0 spiro atoms. The zero-order valence-electron chi connectivity index (χ0n) is 12.8. The van der Waals surface area contributed by atoms with Crippen molar-refractivity contribution < 1.29 is 18.4 Å². The van der Waals surface area contributed by atoms with Gasteiger partial charge in [0.2, 0.25) is 0 Å². The van der Waals surface area contributed by atoms with E-state index in [1.807, 2.05) is 12.1 Å². The van der Waals surface area contributed by atoms with E-state index in [4.69, 9.17) is 14.2 Å². The van der Waals surface area contributed by atoms with Crippen molar-refractivity contribution in [3.8, 4) is 17.2 Å². The fraction of sp³-hybridized carbons (Fsp3) is 0.600. The summed E-state index contributed by atoms with van der Waals surface area (Å²) in [6.45, 7) is 0.660. The van der Waals surface area contributed by atoms with Crippen LogP contribution in [0.25, 0.3) is 0 Å². The van der Waals surface area contributed by atoms with Crippen molar-refractivity contribution in [1.29, 1.82) is 0 Å². The minimum absolute atomic E-state index is 0.402. The van der Waals surface area contributed by atoms with Gasteiger partial charge < -0.3 is 19.5 Å². The molecule has 0 aromatic heterocycles. The SMILES string of the molecule is COc1cc(OC)c(CNC2CCS(=O)CC2)c(OC)c1. The third kappa shape index (κ3) is 4.11. The fourth-order valence-electron chi connectivity index (χ4n) is 2.50. The highest BCUT2D eigenvalue weighted by molar-refractivity contribution is 7.85. The molecule has 0 amide bonds. The minimum atomic E-state index is -0.631. The van der Waals surface area contributed by atoms with Gasteiger partial charge in [-0.2, -0.15) is 0 Å². The van der Waals surface area contributed by atoms with Gasteiger partial charge in [0.15, 0.2) is 0 Å². The molecule has 118 valence electrons. The van der Waals surface area contributed by atoms with Gasteiger partial charge in [-0.25, -0.2) is 0 Å². The third-order valence-electron chi connectivity index (χ3n) is 3.77. The van der Waals surface area contributed by atoms with Crippen LogP contribution in [0.2, 0.25) is 0 Å². The van der Waals surface area contributed by atoms with Crippen molar-refractivity contribution >= 4 is 10.8 Å². The maximum Gasteiger partial charge on any atom is 0.130 e. The van der Waals surface area contributed by atoms with Gasteiger partial charge in [0.25, 0.3) is 0 Å². The van der Waals surface area contributed by atoms with Crippen LogP contribution in [0, 0.1) is 0 Å². The molecule has 1 aromatic rings. The first kappa shape index (κ1) is 16.1. The molecule has 1 aliphatic heterocycles. The number of rotatable bonds is 6. The molecule has 0 radical (unpaired) electrons. The van der Waals surface area contributed by atoms with Gasteiger partial charge >= 0.3 is 0 Å². The van der Waals surface area contributed by atoms with Gasteiger partial charge in [0.1, 0.15) is 17.2 Å². The smallest absolute Gasteiger partial charge is 0.130 e. The van der Waals surface area contributed by atoms with Crippen LogP contribution < -0.4 is 19.5 Å². The molecule has 0 aliphatic carbocycles. The monoisotopic (exact) mass is 313 g/mol. The predicted molar refractivity (Wildman–Crippen MR) is 83.8 cm³/mol. The van der Waals surface area contributed by atoms with Gasteiger partial charge in [-0.3, -0.25) is 4.21 Å². The lowest BCUT2D eigenvalue weighted by Crippen LogP contribution is -2.35. The normalized spacial score (nSPS) is 21.9. The van der Waals surface area contributed by atoms with Crippen LogP contribution in [0.15, 0.2) is 12.1 Å². The molecular weight excluding hydrogens is 290 g/mol. The number of methoxy groups -OCH3 is 3. The lowest BCUT2D eigenvalue weighted by atomic mass is 10.1. The predicted octanol–water partition coefficient (Wildman–Crippen LogP) is 1.71. The van der Waals surface area contributed by atoms with Crippen LogP contribution in [-0.4, -0.2) is 43.1 Å². The summed E-state index contributed by atoms with van der Waals surface area (Å²) in [5.41, 5.74) is 0.979. The molecule has 6 heteroatoms. The first-order valence-corrected chi connectivity index (χ1v) is 8.54. The largest absolute Gasteiger partial charge is 0.496 e. The van der Waals surface area contributed by atoms with Gasteiger partial charge in [-0.1, -0.05) is 0 Å². The molecule has 0 unspecified atom stereocenters. The Bertz CT molecular complexity index is 471. The lowest BCUT2D eigenvalue weighted by molar-refractivity contribution is 0.363. The Balaban J connectivity index is 2.09. The molecule has 0 atom stereocenters. The van der Waals surface area contributed by atoms with E-state index < -0.39 is 10.8 Å². The number of hydrogen-bond acceptors (Lipinski definition) is 5. The van der Waals surface area contributed by atoms with Gasteiger partial charge in [-0.05, 0) is 12.8 Å². The highest BCUT2D eigenvalue weighted by atomic mass is 32.2. The van der Waals surface area contributed by atoms with Crippen LogP contribution in [0.4, 0.5) is 0 Å². The van der Waals surface area contributed by atoms with Crippen LogP contribution in [0.5, 0.6) is 17.2 Å². The summed E-state index contributed by atoms with van der Waals surface area (Å²) in [6.07, 6.45) is 1.90. The maximum atomic E-state index is 11.4. The van der Waals surface area contributed by atoms with E-state index in [-0.39, 0.29) is 0 Å². The first-order chi connectivity index (χ1) is 10.2. The maximum absolute atomic E-state index is 11.4. The van der Waals surface area contributed by atoms with E-state index in [0.29, 0.717) is 18.3 Å². The second-order valence-electron chi connectivity index (χ2n) is 5.01. The molecule has 1 aliphatic rings. The average Bonchev–Trinajstić information content (AvgIpc) is 2.53. The van der Waals surface area contributed by atoms with Crippen LogP contribution in [0.1, 0.15) is 18.4 Å².